The molecule has 0 spiro atoms. The molecule has 0 aliphatic heterocycles. The van der Waals surface area contributed by atoms with Crippen LogP contribution in [0.25, 0.3) is 0 Å². The van der Waals surface area contributed by atoms with Gasteiger partial charge in [-0.3, -0.25) is 0 Å². The second-order valence-electron chi connectivity index (χ2n) is 5.30. The number of ether oxygens (including phenoxy) is 1. The molecule has 0 atom stereocenters. The Morgan fingerprint density at radius 2 is 2.00 bits per heavy atom. The number of amidine groups is 1. The van der Waals surface area contributed by atoms with E-state index in [4.69, 9.17) is 10.9 Å². The van der Waals surface area contributed by atoms with Crippen LogP contribution in [0.3, 0.4) is 0 Å². The van der Waals surface area contributed by atoms with Gasteiger partial charge in [-0.2, -0.15) is 8.78 Å². The maximum Gasteiger partial charge on any atom is 0.387 e. The second-order valence-corrected chi connectivity index (χ2v) is 5.30. The molecule has 0 saturated heterocycles. The minimum Gasteiger partial charge on any atom is -0.435 e. The molecule has 0 fully saturated rings. The van der Waals surface area contributed by atoms with Crippen LogP contribution in [-0.2, 0) is 0 Å². The van der Waals surface area contributed by atoms with Crippen LogP contribution in [0.4, 0.5) is 14.5 Å². The summed E-state index contributed by atoms with van der Waals surface area (Å²) in [6.45, 7) is 1.68. The Morgan fingerprint density at radius 3 is 2.52 bits per heavy atom. The number of halogens is 2. The van der Waals surface area contributed by atoms with Crippen molar-refractivity contribution in [3.63, 3.8) is 0 Å². The fourth-order valence-electron chi connectivity index (χ4n) is 1.78. The second kappa shape index (κ2) is 7.66. The molecule has 4 N–H and O–H groups in total. The van der Waals surface area contributed by atoms with Gasteiger partial charge >= 0.3 is 6.61 Å². The van der Waals surface area contributed by atoms with Gasteiger partial charge < -0.3 is 21.0 Å². The number of nitrogens with one attached hydrogen (secondary N) is 1. The van der Waals surface area contributed by atoms with Gasteiger partial charge in [-0.05, 0) is 37.1 Å². The summed E-state index contributed by atoms with van der Waals surface area (Å²) in [7, 11) is 0. The van der Waals surface area contributed by atoms with E-state index in [9.17, 15) is 8.78 Å². The highest BCUT2D eigenvalue weighted by atomic mass is 19.3. The van der Waals surface area contributed by atoms with Crippen LogP contribution >= 0.6 is 0 Å². The van der Waals surface area contributed by atoms with E-state index in [2.05, 4.69) is 15.2 Å². The van der Waals surface area contributed by atoms with Crippen LogP contribution in [0.15, 0.2) is 29.4 Å². The predicted octanol–water partition coefficient (Wildman–Crippen LogP) is 3.25. The first-order chi connectivity index (χ1) is 9.85. The Bertz CT molecular complexity index is 462. The summed E-state index contributed by atoms with van der Waals surface area (Å²) >= 11 is 0. The molecule has 0 aliphatic carbocycles. The fourth-order valence-corrected chi connectivity index (χ4v) is 1.78. The zero-order valence-electron chi connectivity index (χ0n) is 12.1. The molecule has 0 bridgehead atoms. The lowest BCUT2D eigenvalue weighted by Crippen LogP contribution is -2.32. The molecule has 0 heterocycles. The summed E-state index contributed by atoms with van der Waals surface area (Å²) in [5.41, 5.74) is 6.05. The predicted molar refractivity (Wildman–Crippen MR) is 78.0 cm³/mol. The number of benzene rings is 1. The van der Waals surface area contributed by atoms with Crippen LogP contribution < -0.4 is 15.8 Å². The lowest BCUT2D eigenvalue weighted by molar-refractivity contribution is -0.0498. The van der Waals surface area contributed by atoms with Gasteiger partial charge in [-0.1, -0.05) is 19.0 Å². The topological polar surface area (TPSA) is 79.9 Å². The molecule has 0 aliphatic rings. The molecule has 0 unspecified atom stereocenters. The molecule has 7 heteroatoms. The first-order valence-electron chi connectivity index (χ1n) is 6.62. The lowest BCUT2D eigenvalue weighted by Gasteiger charge is -2.22. The van der Waals surface area contributed by atoms with Crippen LogP contribution in [0.5, 0.6) is 5.75 Å². The van der Waals surface area contributed by atoms with Gasteiger partial charge in [0, 0.05) is 17.6 Å². The molecule has 5 nitrogen and oxygen atoms in total. The van der Waals surface area contributed by atoms with E-state index < -0.39 is 6.61 Å². The zero-order chi connectivity index (χ0) is 15.9. The highest BCUT2D eigenvalue weighted by Crippen LogP contribution is 2.23. The molecule has 0 aromatic heterocycles. The van der Waals surface area contributed by atoms with Crippen molar-refractivity contribution >= 4 is 11.5 Å². The van der Waals surface area contributed by atoms with E-state index in [-0.39, 0.29) is 17.0 Å². The summed E-state index contributed by atoms with van der Waals surface area (Å²) in [6.07, 6.45) is 1.57. The van der Waals surface area contributed by atoms with Crippen molar-refractivity contribution in [2.45, 2.75) is 33.3 Å². The number of anilines is 1. The zero-order valence-corrected chi connectivity index (χ0v) is 12.1. The average Bonchev–Trinajstić information content (AvgIpc) is 2.43. The molecular weight excluding hydrogens is 280 g/mol. The summed E-state index contributed by atoms with van der Waals surface area (Å²) in [6, 6.07) is 6.31. The fraction of sp³-hybridized carbons (Fsp3) is 0.500. The van der Waals surface area contributed by atoms with Gasteiger partial charge in [0.05, 0.1) is 0 Å². The molecular formula is C14H21F2N3O2. The number of alkyl halides is 2. The molecule has 21 heavy (non-hydrogen) atoms. The minimum atomic E-state index is -2.82. The number of hydrogen-bond donors (Lipinski definition) is 3. The van der Waals surface area contributed by atoms with E-state index in [1.165, 1.54) is 12.1 Å². The summed E-state index contributed by atoms with van der Waals surface area (Å²) in [5.74, 6) is 0.333. The Hall–Kier alpha value is -2.05. The Labute approximate surface area is 122 Å². The normalized spacial score (nSPS) is 12.5. The van der Waals surface area contributed by atoms with E-state index in [1.54, 1.807) is 12.1 Å². The maximum atomic E-state index is 12.0. The summed E-state index contributed by atoms with van der Waals surface area (Å²) in [5, 5.41) is 14.9. The largest absolute Gasteiger partial charge is 0.435 e. The Balaban J connectivity index is 2.36. The highest BCUT2D eigenvalue weighted by Gasteiger charge is 2.22. The Morgan fingerprint density at radius 1 is 1.38 bits per heavy atom. The first kappa shape index (κ1) is 17.0. The van der Waals surface area contributed by atoms with Crippen LogP contribution in [0, 0.1) is 5.41 Å². The van der Waals surface area contributed by atoms with E-state index in [1.807, 2.05) is 13.8 Å². The molecule has 0 radical (unpaired) electrons. The SMILES string of the molecule is CC(C)(CCCNc1ccc(OC(F)F)cc1)C(N)=NO. The summed E-state index contributed by atoms with van der Waals surface area (Å²) in [4.78, 5) is 0. The third kappa shape index (κ3) is 5.85. The van der Waals surface area contributed by atoms with Crippen LogP contribution in [-0.4, -0.2) is 24.2 Å². The molecule has 118 valence electrons. The van der Waals surface area contributed by atoms with Gasteiger partial charge in [-0.25, -0.2) is 0 Å². The average molecular weight is 301 g/mol. The number of rotatable bonds is 8. The molecule has 0 amide bonds. The monoisotopic (exact) mass is 301 g/mol. The third-order valence-electron chi connectivity index (χ3n) is 3.19. The standard InChI is InChI=1S/C14H21F2N3O2/c1-14(2,12(17)19-20)8-3-9-18-10-4-6-11(7-5-10)21-13(15)16/h4-7,13,18,20H,3,8-9H2,1-2H3,(H2,17,19). The number of nitrogens with two attached hydrogens (primary N) is 1. The van der Waals surface area contributed by atoms with Crippen molar-refractivity contribution in [3.8, 4) is 5.75 Å². The Kier molecular flexibility index (Phi) is 6.20. The molecule has 1 rings (SSSR count). The number of oxime groups is 1. The smallest absolute Gasteiger partial charge is 0.387 e. The van der Waals surface area contributed by atoms with Crippen molar-refractivity contribution < 1.29 is 18.7 Å². The molecule has 1 aromatic carbocycles. The van der Waals surface area contributed by atoms with Gasteiger partial charge in [0.2, 0.25) is 0 Å². The van der Waals surface area contributed by atoms with Gasteiger partial charge in [0.25, 0.3) is 0 Å². The van der Waals surface area contributed by atoms with Crippen molar-refractivity contribution in [2.24, 2.45) is 16.3 Å². The van der Waals surface area contributed by atoms with E-state index >= 15 is 0 Å². The maximum absolute atomic E-state index is 12.0. The quantitative estimate of drug-likeness (QED) is 0.226. The third-order valence-corrected chi connectivity index (χ3v) is 3.19. The number of nitrogens with zero attached hydrogens (tertiary/aromatic N) is 1. The van der Waals surface area contributed by atoms with Crippen molar-refractivity contribution in [2.75, 3.05) is 11.9 Å². The summed E-state index contributed by atoms with van der Waals surface area (Å²) < 4.78 is 28.3. The van der Waals surface area contributed by atoms with Gasteiger partial charge in [0.15, 0.2) is 0 Å². The van der Waals surface area contributed by atoms with Crippen molar-refractivity contribution in [3.05, 3.63) is 24.3 Å². The van der Waals surface area contributed by atoms with E-state index in [0.717, 1.165) is 18.5 Å². The molecule has 1 aromatic rings. The van der Waals surface area contributed by atoms with Crippen LogP contribution in [0.2, 0.25) is 0 Å². The van der Waals surface area contributed by atoms with E-state index in [0.29, 0.717) is 6.54 Å². The van der Waals surface area contributed by atoms with Crippen molar-refractivity contribution in [1.82, 2.24) is 0 Å². The van der Waals surface area contributed by atoms with Crippen LogP contribution in [0.1, 0.15) is 26.7 Å². The number of hydrogen-bond acceptors (Lipinski definition) is 4. The van der Waals surface area contributed by atoms with Gasteiger partial charge in [0.1, 0.15) is 11.6 Å². The van der Waals surface area contributed by atoms with Gasteiger partial charge in [-0.15, -0.1) is 0 Å². The minimum absolute atomic E-state index is 0.128. The lowest BCUT2D eigenvalue weighted by atomic mass is 9.86. The van der Waals surface area contributed by atoms with Crippen molar-refractivity contribution in [1.29, 1.82) is 0 Å². The highest BCUT2D eigenvalue weighted by molar-refractivity contribution is 5.85. The molecule has 0 saturated carbocycles. The first-order valence-corrected chi connectivity index (χ1v) is 6.62.